The van der Waals surface area contributed by atoms with Gasteiger partial charge in [-0.2, -0.15) is 0 Å². The van der Waals surface area contributed by atoms with Gasteiger partial charge in [0.05, 0.1) is 6.10 Å². The van der Waals surface area contributed by atoms with E-state index in [1.807, 2.05) is 0 Å². The highest BCUT2D eigenvalue weighted by Crippen LogP contribution is 2.34. The summed E-state index contributed by atoms with van der Waals surface area (Å²) in [4.78, 5) is 2.74. The molecule has 0 aromatic rings. The molecule has 2 aliphatic rings. The van der Waals surface area contributed by atoms with Gasteiger partial charge in [0.15, 0.2) is 0 Å². The maximum atomic E-state index is 6.03. The number of likely N-dealkylation sites (tertiary alicyclic amines) is 1. The van der Waals surface area contributed by atoms with Crippen LogP contribution < -0.4 is 5.32 Å². The molecule has 1 saturated carbocycles. The maximum Gasteiger partial charge on any atom is 0.0702 e. The number of piperidine rings is 1. The number of hydrogen-bond acceptors (Lipinski definition) is 3. The molecule has 0 aromatic carbocycles. The standard InChI is InChI=1S/C18H36N2O/c1-5-11-21-16-7-6-10-20(13-16)18-12-15(14(2)3)8-9-17(18)19-4/h14-19H,5-13H2,1-4H3. The van der Waals surface area contributed by atoms with Crippen LogP contribution in [0.5, 0.6) is 0 Å². The lowest BCUT2D eigenvalue weighted by Gasteiger charge is -2.46. The van der Waals surface area contributed by atoms with Crippen LogP contribution in [-0.4, -0.2) is 49.8 Å². The van der Waals surface area contributed by atoms with Crippen molar-refractivity contribution < 1.29 is 4.74 Å². The molecule has 4 atom stereocenters. The van der Waals surface area contributed by atoms with Crippen molar-refractivity contribution in [1.82, 2.24) is 10.2 Å². The Morgan fingerprint density at radius 2 is 2.05 bits per heavy atom. The lowest BCUT2D eigenvalue weighted by Crippen LogP contribution is -2.56. The second-order valence-electron chi connectivity index (χ2n) is 7.41. The lowest BCUT2D eigenvalue weighted by atomic mass is 9.76. The molecule has 1 N–H and O–H groups in total. The average molecular weight is 296 g/mol. The smallest absolute Gasteiger partial charge is 0.0702 e. The highest BCUT2D eigenvalue weighted by Gasteiger charge is 2.36. The molecule has 2 fully saturated rings. The average Bonchev–Trinajstić information content (AvgIpc) is 2.52. The van der Waals surface area contributed by atoms with E-state index in [0.29, 0.717) is 18.2 Å². The second kappa shape index (κ2) is 8.50. The summed E-state index contributed by atoms with van der Waals surface area (Å²) in [6, 6.07) is 1.38. The molecule has 1 aliphatic carbocycles. The Hall–Kier alpha value is -0.120. The summed E-state index contributed by atoms with van der Waals surface area (Å²) in [5, 5.41) is 3.59. The van der Waals surface area contributed by atoms with Crippen LogP contribution in [0.2, 0.25) is 0 Å². The highest BCUT2D eigenvalue weighted by atomic mass is 16.5. The number of likely N-dealkylation sites (N-methyl/N-ethyl adjacent to an activating group) is 1. The van der Waals surface area contributed by atoms with E-state index in [0.717, 1.165) is 31.4 Å². The van der Waals surface area contributed by atoms with Crippen molar-refractivity contribution in [1.29, 1.82) is 0 Å². The Bertz CT molecular complexity index is 295. The fraction of sp³-hybridized carbons (Fsp3) is 1.00. The molecular formula is C18H36N2O. The minimum absolute atomic E-state index is 0.468. The van der Waals surface area contributed by atoms with E-state index in [4.69, 9.17) is 4.74 Å². The van der Waals surface area contributed by atoms with Crippen molar-refractivity contribution in [2.45, 2.75) is 77.5 Å². The number of nitrogens with one attached hydrogen (secondary N) is 1. The molecule has 0 aromatic heterocycles. The molecule has 0 radical (unpaired) electrons. The van der Waals surface area contributed by atoms with Crippen LogP contribution in [0.25, 0.3) is 0 Å². The molecule has 1 heterocycles. The zero-order valence-corrected chi connectivity index (χ0v) is 14.6. The van der Waals surface area contributed by atoms with Gasteiger partial charge in [-0.1, -0.05) is 20.8 Å². The molecular weight excluding hydrogens is 260 g/mol. The summed E-state index contributed by atoms with van der Waals surface area (Å²) in [5.41, 5.74) is 0. The number of ether oxygens (including phenoxy) is 1. The minimum Gasteiger partial charge on any atom is -0.377 e. The first-order chi connectivity index (χ1) is 10.2. The summed E-state index contributed by atoms with van der Waals surface area (Å²) in [6.07, 6.45) is 8.24. The summed E-state index contributed by atoms with van der Waals surface area (Å²) in [7, 11) is 2.14. The van der Waals surface area contributed by atoms with Crippen LogP contribution in [0, 0.1) is 11.8 Å². The van der Waals surface area contributed by atoms with Gasteiger partial charge in [-0.15, -0.1) is 0 Å². The Kier molecular flexibility index (Phi) is 6.97. The second-order valence-corrected chi connectivity index (χ2v) is 7.41. The third kappa shape index (κ3) is 4.67. The summed E-state index contributed by atoms with van der Waals surface area (Å²) >= 11 is 0. The Balaban J connectivity index is 1.95. The van der Waals surface area contributed by atoms with Gasteiger partial charge in [-0.3, -0.25) is 4.90 Å². The van der Waals surface area contributed by atoms with E-state index < -0.39 is 0 Å². The number of nitrogens with zero attached hydrogens (tertiary/aromatic N) is 1. The molecule has 3 nitrogen and oxygen atoms in total. The van der Waals surface area contributed by atoms with Crippen LogP contribution in [0.1, 0.15) is 59.3 Å². The fourth-order valence-electron chi connectivity index (χ4n) is 4.21. The first-order valence-corrected chi connectivity index (χ1v) is 9.18. The van der Waals surface area contributed by atoms with Gasteiger partial charge in [-0.25, -0.2) is 0 Å². The van der Waals surface area contributed by atoms with Gasteiger partial charge >= 0.3 is 0 Å². The molecule has 2 rings (SSSR count). The predicted octanol–water partition coefficient (Wildman–Crippen LogP) is 3.29. The van der Waals surface area contributed by atoms with Gasteiger partial charge in [0, 0.05) is 25.2 Å². The molecule has 1 aliphatic heterocycles. The fourth-order valence-corrected chi connectivity index (χ4v) is 4.21. The number of rotatable bonds is 6. The highest BCUT2D eigenvalue weighted by molar-refractivity contribution is 4.93. The lowest BCUT2D eigenvalue weighted by molar-refractivity contribution is -0.0280. The van der Waals surface area contributed by atoms with Gasteiger partial charge in [0.25, 0.3) is 0 Å². The van der Waals surface area contributed by atoms with Crippen molar-refractivity contribution in [3.63, 3.8) is 0 Å². The summed E-state index contributed by atoms with van der Waals surface area (Å²) < 4.78 is 6.03. The molecule has 0 spiro atoms. The quantitative estimate of drug-likeness (QED) is 0.814. The van der Waals surface area contributed by atoms with Crippen molar-refractivity contribution in [2.24, 2.45) is 11.8 Å². The zero-order valence-electron chi connectivity index (χ0n) is 14.6. The van der Waals surface area contributed by atoms with Gasteiger partial charge in [0.2, 0.25) is 0 Å². The van der Waals surface area contributed by atoms with Crippen molar-refractivity contribution in [2.75, 3.05) is 26.7 Å². The molecule has 0 amide bonds. The largest absolute Gasteiger partial charge is 0.377 e. The van der Waals surface area contributed by atoms with E-state index in [9.17, 15) is 0 Å². The van der Waals surface area contributed by atoms with E-state index in [1.165, 1.54) is 38.6 Å². The van der Waals surface area contributed by atoms with Crippen LogP contribution in [-0.2, 0) is 4.74 Å². The van der Waals surface area contributed by atoms with Crippen LogP contribution in [0.3, 0.4) is 0 Å². The van der Waals surface area contributed by atoms with Crippen LogP contribution in [0.15, 0.2) is 0 Å². The van der Waals surface area contributed by atoms with Crippen LogP contribution >= 0.6 is 0 Å². The van der Waals surface area contributed by atoms with Crippen molar-refractivity contribution in [3.05, 3.63) is 0 Å². The van der Waals surface area contributed by atoms with Gasteiger partial charge < -0.3 is 10.1 Å². The zero-order chi connectivity index (χ0) is 15.2. The first-order valence-electron chi connectivity index (χ1n) is 9.18. The molecule has 21 heavy (non-hydrogen) atoms. The third-order valence-electron chi connectivity index (χ3n) is 5.61. The van der Waals surface area contributed by atoms with E-state index in [1.54, 1.807) is 0 Å². The van der Waals surface area contributed by atoms with E-state index in [-0.39, 0.29) is 0 Å². The molecule has 3 heteroatoms. The van der Waals surface area contributed by atoms with Gasteiger partial charge in [-0.05, 0) is 64.0 Å². The maximum absolute atomic E-state index is 6.03. The van der Waals surface area contributed by atoms with Crippen molar-refractivity contribution in [3.8, 4) is 0 Å². The Morgan fingerprint density at radius 3 is 2.71 bits per heavy atom. The normalized spacial score (nSPS) is 35.3. The van der Waals surface area contributed by atoms with Gasteiger partial charge in [0.1, 0.15) is 0 Å². The topological polar surface area (TPSA) is 24.5 Å². The molecule has 4 unspecified atom stereocenters. The molecule has 124 valence electrons. The van der Waals surface area contributed by atoms with Crippen LogP contribution in [0.4, 0.5) is 0 Å². The SMILES string of the molecule is CCCOC1CCCN(C2CC(C(C)C)CCC2NC)C1. The summed E-state index contributed by atoms with van der Waals surface area (Å²) in [5.74, 6) is 1.72. The predicted molar refractivity (Wildman–Crippen MR) is 89.7 cm³/mol. The summed E-state index contributed by atoms with van der Waals surface area (Å²) in [6.45, 7) is 10.3. The van der Waals surface area contributed by atoms with Crippen molar-refractivity contribution >= 4 is 0 Å². The minimum atomic E-state index is 0.468. The van der Waals surface area contributed by atoms with E-state index >= 15 is 0 Å². The Labute approximate surface area is 131 Å². The number of hydrogen-bond donors (Lipinski definition) is 1. The molecule has 0 bridgehead atoms. The molecule has 1 saturated heterocycles. The Morgan fingerprint density at radius 1 is 1.24 bits per heavy atom. The van der Waals surface area contributed by atoms with E-state index in [2.05, 4.69) is 38.0 Å². The first kappa shape index (κ1) is 17.2. The third-order valence-corrected chi connectivity index (χ3v) is 5.61. The monoisotopic (exact) mass is 296 g/mol.